The fraction of sp³-hybridized carbons (Fsp3) is 0.750. The van der Waals surface area contributed by atoms with Gasteiger partial charge in [0.15, 0.2) is 5.62 Å². The van der Waals surface area contributed by atoms with Crippen molar-refractivity contribution >= 4 is 17.4 Å². The van der Waals surface area contributed by atoms with E-state index in [0.29, 0.717) is 0 Å². The van der Waals surface area contributed by atoms with Crippen molar-refractivity contribution in [3.05, 3.63) is 0 Å². The number of nitrogens with zero attached hydrogens (tertiary/aromatic N) is 2. The molecule has 0 spiro atoms. The highest BCUT2D eigenvalue weighted by Gasteiger charge is 2.14. The highest BCUT2D eigenvalue weighted by molar-refractivity contribution is 6.21. The van der Waals surface area contributed by atoms with Crippen molar-refractivity contribution in [2.45, 2.75) is 12.5 Å². The molecule has 0 fully saturated rings. The molecule has 0 aliphatic carbocycles. The number of hydrazone groups is 1. The predicted octanol–water partition coefficient (Wildman–Crippen LogP) is -0.118. The van der Waals surface area contributed by atoms with Crippen LogP contribution in [0, 0.1) is 0 Å². The van der Waals surface area contributed by atoms with E-state index < -0.39 is 0 Å². The molecule has 0 aromatic carbocycles. The van der Waals surface area contributed by atoms with Gasteiger partial charge in [0.05, 0.1) is 0 Å². The Morgan fingerprint density at radius 2 is 2.44 bits per heavy atom. The lowest BCUT2D eigenvalue weighted by atomic mass is 10.6. The topological polar surface area (TPSA) is 39.7 Å². The van der Waals surface area contributed by atoms with Crippen molar-refractivity contribution in [3.8, 4) is 0 Å². The van der Waals surface area contributed by atoms with Gasteiger partial charge in [-0.25, -0.2) is 5.53 Å². The van der Waals surface area contributed by atoms with Crippen LogP contribution in [0.3, 0.4) is 0 Å². The maximum Gasteiger partial charge on any atom is 0.176 e. The molecule has 1 rings (SSSR count). The fourth-order valence-corrected chi connectivity index (χ4v) is 0.696. The van der Waals surface area contributed by atoms with E-state index in [0.717, 1.165) is 5.84 Å². The second-order valence-electron chi connectivity index (χ2n) is 1.86. The van der Waals surface area contributed by atoms with Gasteiger partial charge in [0.25, 0.3) is 0 Å². The van der Waals surface area contributed by atoms with Crippen LogP contribution in [0.4, 0.5) is 0 Å². The molecular weight excluding hydrogens is 140 g/mol. The smallest absolute Gasteiger partial charge is 0.176 e. The molecule has 1 atom stereocenters. The number of rotatable bonds is 0. The van der Waals surface area contributed by atoms with E-state index >= 15 is 0 Å². The summed E-state index contributed by atoms with van der Waals surface area (Å²) in [5.74, 6) is 0.869. The minimum atomic E-state index is -0.206. The first-order chi connectivity index (χ1) is 4.22. The van der Waals surface area contributed by atoms with Crippen molar-refractivity contribution in [2.24, 2.45) is 5.10 Å². The van der Waals surface area contributed by atoms with Gasteiger partial charge in [-0.3, -0.25) is 0 Å². The van der Waals surface area contributed by atoms with Crippen LogP contribution in [-0.4, -0.2) is 23.4 Å². The SMILES string of the molecule is CC1=NNNC(Cl)N1C. The van der Waals surface area contributed by atoms with E-state index in [-0.39, 0.29) is 5.62 Å². The Kier molecular flexibility index (Phi) is 1.78. The minimum absolute atomic E-state index is 0.206. The molecule has 0 radical (unpaired) electrons. The lowest BCUT2D eigenvalue weighted by molar-refractivity contribution is 0.325. The summed E-state index contributed by atoms with van der Waals surface area (Å²) in [6.45, 7) is 1.88. The van der Waals surface area contributed by atoms with Crippen LogP contribution in [0.2, 0.25) is 0 Å². The van der Waals surface area contributed by atoms with Crippen LogP contribution in [0.15, 0.2) is 5.10 Å². The first-order valence-corrected chi connectivity index (χ1v) is 3.07. The third-order valence-corrected chi connectivity index (χ3v) is 1.65. The molecule has 9 heavy (non-hydrogen) atoms. The standard InChI is InChI=1S/C4H9ClN4/c1-3-6-8-7-4(5)9(3)2/h4,7-8H,1-2H3. The van der Waals surface area contributed by atoms with Gasteiger partial charge >= 0.3 is 0 Å². The Bertz CT molecular complexity index is 135. The summed E-state index contributed by atoms with van der Waals surface area (Å²) in [5, 5.41) is 3.86. The maximum atomic E-state index is 5.73. The fourth-order valence-electron chi connectivity index (χ4n) is 0.506. The van der Waals surface area contributed by atoms with Gasteiger partial charge in [0.1, 0.15) is 5.84 Å². The molecule has 0 aromatic heterocycles. The van der Waals surface area contributed by atoms with Crippen molar-refractivity contribution in [1.29, 1.82) is 0 Å². The zero-order valence-electron chi connectivity index (χ0n) is 5.35. The van der Waals surface area contributed by atoms with Crippen LogP contribution < -0.4 is 11.0 Å². The zero-order valence-corrected chi connectivity index (χ0v) is 6.11. The number of hydrogen-bond acceptors (Lipinski definition) is 4. The van der Waals surface area contributed by atoms with E-state index in [1.807, 2.05) is 18.9 Å². The number of halogens is 1. The molecule has 0 amide bonds. The van der Waals surface area contributed by atoms with Gasteiger partial charge in [-0.05, 0) is 6.92 Å². The summed E-state index contributed by atoms with van der Waals surface area (Å²) in [4.78, 5) is 1.82. The Balaban J connectivity index is 2.62. The van der Waals surface area contributed by atoms with Crippen molar-refractivity contribution in [3.63, 3.8) is 0 Å². The second kappa shape index (κ2) is 2.41. The van der Waals surface area contributed by atoms with Gasteiger partial charge in [-0.1, -0.05) is 11.6 Å². The van der Waals surface area contributed by atoms with E-state index in [1.165, 1.54) is 0 Å². The summed E-state index contributed by atoms with van der Waals surface area (Å²) < 4.78 is 0. The molecule has 1 unspecified atom stereocenters. The number of alkyl halides is 1. The van der Waals surface area contributed by atoms with Crippen molar-refractivity contribution in [2.75, 3.05) is 7.05 Å². The molecule has 1 aliphatic rings. The quantitative estimate of drug-likeness (QED) is 0.372. The zero-order chi connectivity index (χ0) is 6.85. The Hall–Kier alpha value is -0.480. The molecule has 1 aliphatic heterocycles. The average Bonchev–Trinajstić information content (AvgIpc) is 1.83. The van der Waals surface area contributed by atoms with E-state index in [1.54, 1.807) is 0 Å². The van der Waals surface area contributed by atoms with Crippen LogP contribution in [0.25, 0.3) is 0 Å². The highest BCUT2D eigenvalue weighted by atomic mass is 35.5. The molecule has 2 N–H and O–H groups in total. The first kappa shape index (κ1) is 6.64. The van der Waals surface area contributed by atoms with Gasteiger partial charge in [-0.15, -0.1) is 0 Å². The van der Waals surface area contributed by atoms with Crippen molar-refractivity contribution in [1.82, 2.24) is 15.9 Å². The molecule has 0 aromatic rings. The van der Waals surface area contributed by atoms with Crippen molar-refractivity contribution < 1.29 is 0 Å². The molecule has 0 saturated heterocycles. The first-order valence-electron chi connectivity index (χ1n) is 2.63. The van der Waals surface area contributed by atoms with Gasteiger partial charge in [0, 0.05) is 7.05 Å². The summed E-state index contributed by atoms with van der Waals surface area (Å²) in [6, 6.07) is 0. The summed E-state index contributed by atoms with van der Waals surface area (Å²) in [5.41, 5.74) is 5.09. The number of amidine groups is 1. The van der Waals surface area contributed by atoms with E-state index in [9.17, 15) is 0 Å². The van der Waals surface area contributed by atoms with Gasteiger partial charge in [0.2, 0.25) is 0 Å². The largest absolute Gasteiger partial charge is 0.332 e. The number of nitrogens with one attached hydrogen (secondary N) is 2. The molecule has 4 nitrogen and oxygen atoms in total. The molecule has 1 heterocycles. The Morgan fingerprint density at radius 1 is 1.78 bits per heavy atom. The highest BCUT2D eigenvalue weighted by Crippen LogP contribution is 2.00. The lowest BCUT2D eigenvalue weighted by Gasteiger charge is -2.28. The van der Waals surface area contributed by atoms with Gasteiger partial charge in [-0.2, -0.15) is 10.5 Å². The Morgan fingerprint density at radius 3 is 2.89 bits per heavy atom. The summed E-state index contributed by atoms with van der Waals surface area (Å²) in [6.07, 6.45) is 0. The average molecular weight is 149 g/mol. The monoisotopic (exact) mass is 148 g/mol. The van der Waals surface area contributed by atoms with Crippen LogP contribution in [0.1, 0.15) is 6.92 Å². The normalized spacial score (nSPS) is 27.2. The Labute approximate surface area is 58.8 Å². The second-order valence-corrected chi connectivity index (χ2v) is 2.28. The summed E-state index contributed by atoms with van der Waals surface area (Å²) >= 11 is 5.73. The third kappa shape index (κ3) is 1.25. The van der Waals surface area contributed by atoms with Crippen LogP contribution in [-0.2, 0) is 0 Å². The number of hydrazine groups is 1. The molecular formula is C4H9ClN4. The van der Waals surface area contributed by atoms with E-state index in [4.69, 9.17) is 11.6 Å². The molecule has 52 valence electrons. The predicted molar refractivity (Wildman–Crippen MR) is 36.8 cm³/mol. The number of hydrogen-bond donors (Lipinski definition) is 2. The van der Waals surface area contributed by atoms with Gasteiger partial charge < -0.3 is 4.90 Å². The van der Waals surface area contributed by atoms with E-state index in [2.05, 4.69) is 16.1 Å². The summed E-state index contributed by atoms with van der Waals surface area (Å²) in [7, 11) is 1.87. The molecule has 5 heteroatoms. The van der Waals surface area contributed by atoms with Crippen LogP contribution in [0.5, 0.6) is 0 Å². The maximum absolute atomic E-state index is 5.73. The van der Waals surface area contributed by atoms with Crippen LogP contribution >= 0.6 is 11.6 Å². The third-order valence-electron chi connectivity index (χ3n) is 1.25. The molecule has 0 saturated carbocycles. The lowest BCUT2D eigenvalue weighted by Crippen LogP contribution is -2.51. The molecule has 0 bridgehead atoms. The minimum Gasteiger partial charge on any atom is -0.332 e.